The second-order valence-electron chi connectivity index (χ2n) is 4.70. The number of nitrogens with zero attached hydrogens (tertiary/aromatic N) is 2. The summed E-state index contributed by atoms with van der Waals surface area (Å²) >= 11 is 6.72. The van der Waals surface area contributed by atoms with Crippen LogP contribution in [0, 0.1) is 10.1 Å². The zero-order valence-corrected chi connectivity index (χ0v) is 14.6. The highest BCUT2D eigenvalue weighted by molar-refractivity contribution is 9.10. The zero-order valence-electron chi connectivity index (χ0n) is 11.4. The molecule has 0 fully saturated rings. The maximum Gasteiger partial charge on any atom is 0.292 e. The Morgan fingerprint density at radius 2 is 1.76 bits per heavy atom. The van der Waals surface area contributed by atoms with E-state index < -0.39 is 0 Å². The lowest BCUT2D eigenvalue weighted by Gasteiger charge is -2.19. The summed E-state index contributed by atoms with van der Waals surface area (Å²) in [7, 11) is 1.86. The highest BCUT2D eigenvalue weighted by Gasteiger charge is 2.17. The van der Waals surface area contributed by atoms with Crippen LogP contribution in [0.3, 0.4) is 0 Å². The first kappa shape index (κ1) is 16.0. The van der Waals surface area contributed by atoms with Gasteiger partial charge >= 0.3 is 0 Å². The molecule has 0 bridgehead atoms. The van der Waals surface area contributed by atoms with Crippen molar-refractivity contribution in [3.8, 4) is 0 Å². The molecule has 0 aliphatic carbocycles. The molecule has 0 aromatic heterocycles. The first-order valence-corrected chi connectivity index (χ1v) is 8.21. The molecule has 0 saturated heterocycles. The summed E-state index contributed by atoms with van der Waals surface area (Å²) in [5.41, 5.74) is 2.74. The summed E-state index contributed by atoms with van der Waals surface area (Å²) in [5.74, 6) is 0. The van der Waals surface area contributed by atoms with Crippen molar-refractivity contribution < 1.29 is 4.92 Å². The molecule has 0 saturated carbocycles. The smallest absolute Gasteiger partial charge is 0.292 e. The van der Waals surface area contributed by atoms with E-state index >= 15 is 0 Å². The topological polar surface area (TPSA) is 46.4 Å². The summed E-state index contributed by atoms with van der Waals surface area (Å²) in [5, 5.41) is 11.9. The molecule has 0 N–H and O–H groups in total. The maximum absolute atomic E-state index is 11.2. The third kappa shape index (κ3) is 4.04. The molecule has 0 aliphatic rings. The third-order valence-electron chi connectivity index (χ3n) is 3.14. The lowest BCUT2D eigenvalue weighted by atomic mass is 10.1. The van der Waals surface area contributed by atoms with Gasteiger partial charge in [0.15, 0.2) is 0 Å². The lowest BCUT2D eigenvalue weighted by Crippen LogP contribution is -2.17. The van der Waals surface area contributed by atoms with Crippen LogP contribution in [0.15, 0.2) is 46.9 Å². The predicted molar refractivity (Wildman–Crippen MR) is 92.0 cm³/mol. The average Bonchev–Trinajstić information content (AvgIpc) is 2.48. The van der Waals surface area contributed by atoms with Gasteiger partial charge in [-0.05, 0) is 29.3 Å². The normalized spacial score (nSPS) is 10.4. The van der Waals surface area contributed by atoms with Crippen LogP contribution in [0.25, 0.3) is 0 Å². The number of anilines is 1. The van der Waals surface area contributed by atoms with E-state index in [2.05, 4.69) is 31.9 Å². The lowest BCUT2D eigenvalue weighted by molar-refractivity contribution is -0.384. The summed E-state index contributed by atoms with van der Waals surface area (Å²) in [6.07, 6.45) is 0. The van der Waals surface area contributed by atoms with Gasteiger partial charge in [-0.25, -0.2) is 0 Å². The minimum atomic E-state index is -0.334. The predicted octanol–water partition coefficient (Wildman–Crippen LogP) is 4.89. The van der Waals surface area contributed by atoms with Crippen LogP contribution < -0.4 is 4.90 Å². The number of hydrogen-bond donors (Lipinski definition) is 0. The molecule has 0 amide bonds. The second kappa shape index (κ2) is 7.04. The van der Waals surface area contributed by atoms with Crippen molar-refractivity contribution in [2.24, 2.45) is 0 Å². The van der Waals surface area contributed by atoms with Gasteiger partial charge in [0.1, 0.15) is 5.69 Å². The number of halogens is 2. The van der Waals surface area contributed by atoms with Gasteiger partial charge in [-0.1, -0.05) is 50.1 Å². The second-order valence-corrected chi connectivity index (χ2v) is 6.17. The van der Waals surface area contributed by atoms with Gasteiger partial charge < -0.3 is 4.90 Å². The van der Waals surface area contributed by atoms with E-state index in [1.54, 1.807) is 12.1 Å². The number of rotatable bonds is 5. The molecule has 0 atom stereocenters. The molecule has 6 heteroatoms. The molecule has 0 unspecified atom stereocenters. The van der Waals surface area contributed by atoms with Gasteiger partial charge in [-0.2, -0.15) is 0 Å². The quantitative estimate of drug-likeness (QED) is 0.398. The Balaban J connectivity index is 2.27. The van der Waals surface area contributed by atoms with Crippen LogP contribution in [-0.2, 0) is 11.9 Å². The summed E-state index contributed by atoms with van der Waals surface area (Å²) in [6, 6.07) is 13.2. The number of benzene rings is 2. The van der Waals surface area contributed by atoms with Crippen LogP contribution in [-0.4, -0.2) is 12.0 Å². The fraction of sp³-hybridized carbons (Fsp3) is 0.200. The number of nitro groups is 1. The van der Waals surface area contributed by atoms with E-state index in [-0.39, 0.29) is 10.6 Å². The van der Waals surface area contributed by atoms with Crippen molar-refractivity contribution in [3.63, 3.8) is 0 Å². The van der Waals surface area contributed by atoms with Crippen molar-refractivity contribution in [2.75, 3.05) is 11.9 Å². The van der Waals surface area contributed by atoms with Gasteiger partial charge in [0.05, 0.1) is 4.92 Å². The first-order chi connectivity index (χ1) is 10.0. The average molecular weight is 414 g/mol. The van der Waals surface area contributed by atoms with E-state index in [1.807, 2.05) is 42.3 Å². The fourth-order valence-electron chi connectivity index (χ4n) is 2.07. The summed E-state index contributed by atoms with van der Waals surface area (Å²) in [4.78, 5) is 12.8. The van der Waals surface area contributed by atoms with Crippen LogP contribution in [0.4, 0.5) is 11.4 Å². The zero-order chi connectivity index (χ0) is 15.4. The third-order valence-corrected chi connectivity index (χ3v) is 4.31. The Kier molecular flexibility index (Phi) is 5.36. The van der Waals surface area contributed by atoms with Crippen molar-refractivity contribution in [1.82, 2.24) is 0 Å². The monoisotopic (exact) mass is 412 g/mol. The molecule has 0 aliphatic heterocycles. The van der Waals surface area contributed by atoms with Gasteiger partial charge in [-0.15, -0.1) is 0 Å². The highest BCUT2D eigenvalue weighted by Crippen LogP contribution is 2.30. The molecular weight excluding hydrogens is 400 g/mol. The highest BCUT2D eigenvalue weighted by atomic mass is 79.9. The van der Waals surface area contributed by atoms with Gasteiger partial charge in [0.2, 0.25) is 0 Å². The molecular formula is C15H14Br2N2O2. The van der Waals surface area contributed by atoms with Crippen LogP contribution >= 0.6 is 31.9 Å². The van der Waals surface area contributed by atoms with Crippen molar-refractivity contribution in [1.29, 1.82) is 0 Å². The molecule has 21 heavy (non-hydrogen) atoms. The van der Waals surface area contributed by atoms with Crippen molar-refractivity contribution >= 4 is 43.2 Å². The molecule has 2 aromatic rings. The van der Waals surface area contributed by atoms with Gasteiger partial charge in [0, 0.05) is 29.5 Å². The Labute approximate surface area is 140 Å². The summed E-state index contributed by atoms with van der Waals surface area (Å²) in [6.45, 7) is 0.613. The molecule has 110 valence electrons. The van der Waals surface area contributed by atoms with Gasteiger partial charge in [0.25, 0.3) is 5.69 Å². The Bertz CT molecular complexity index is 645. The van der Waals surface area contributed by atoms with E-state index in [9.17, 15) is 10.1 Å². The first-order valence-electron chi connectivity index (χ1n) is 6.30. The van der Waals surface area contributed by atoms with E-state index in [4.69, 9.17) is 0 Å². The standard InChI is InChI=1S/C15H14Br2N2O2/c1-18(10-11-2-5-13(17)6-3-11)14-7-4-12(9-16)8-15(14)19(20)21/h2-8H,9-10H2,1H3. The number of nitro benzene ring substituents is 1. The minimum Gasteiger partial charge on any atom is -0.365 e. The van der Waals surface area contributed by atoms with Crippen LogP contribution in [0.2, 0.25) is 0 Å². The molecule has 0 radical (unpaired) electrons. The molecule has 0 spiro atoms. The minimum absolute atomic E-state index is 0.131. The Morgan fingerprint density at radius 1 is 1.14 bits per heavy atom. The van der Waals surface area contributed by atoms with E-state index in [0.717, 1.165) is 15.6 Å². The maximum atomic E-state index is 11.2. The fourth-order valence-corrected chi connectivity index (χ4v) is 2.68. The van der Waals surface area contributed by atoms with Crippen molar-refractivity contribution in [2.45, 2.75) is 11.9 Å². The van der Waals surface area contributed by atoms with Gasteiger partial charge in [-0.3, -0.25) is 10.1 Å². The summed E-state index contributed by atoms with van der Waals surface area (Å²) < 4.78 is 1.02. The van der Waals surface area contributed by atoms with Crippen LogP contribution in [0.1, 0.15) is 11.1 Å². The van der Waals surface area contributed by atoms with E-state index in [1.165, 1.54) is 0 Å². The number of hydrogen-bond acceptors (Lipinski definition) is 3. The molecule has 4 nitrogen and oxygen atoms in total. The van der Waals surface area contributed by atoms with Crippen LogP contribution in [0.5, 0.6) is 0 Å². The number of alkyl halides is 1. The SMILES string of the molecule is CN(Cc1ccc(Br)cc1)c1ccc(CBr)cc1[N+](=O)[O-]. The molecule has 2 aromatic carbocycles. The molecule has 2 rings (SSSR count). The largest absolute Gasteiger partial charge is 0.365 e. The Hall–Kier alpha value is -1.40. The molecule has 0 heterocycles. The Morgan fingerprint density at radius 3 is 2.33 bits per heavy atom. The van der Waals surface area contributed by atoms with E-state index in [0.29, 0.717) is 17.6 Å². The van der Waals surface area contributed by atoms with Crippen molar-refractivity contribution in [3.05, 3.63) is 68.2 Å².